The second-order valence-corrected chi connectivity index (χ2v) is 11.5. The van der Waals surface area contributed by atoms with Crippen molar-refractivity contribution in [1.82, 2.24) is 9.55 Å². The van der Waals surface area contributed by atoms with Crippen molar-refractivity contribution in [3.05, 3.63) is 133 Å². The molecule has 2 nitrogen and oxygen atoms in total. The molecule has 0 saturated carbocycles. The molecule has 0 unspecified atom stereocenters. The summed E-state index contributed by atoms with van der Waals surface area (Å²) in [6.45, 7) is 0. The summed E-state index contributed by atoms with van der Waals surface area (Å²) in [5.74, 6) is 0.940. The first-order chi connectivity index (χ1) is 19.8. The van der Waals surface area contributed by atoms with Gasteiger partial charge in [-0.3, -0.25) is 4.57 Å². The van der Waals surface area contributed by atoms with Gasteiger partial charge in [0.25, 0.3) is 0 Å². The molecule has 0 spiro atoms. The summed E-state index contributed by atoms with van der Waals surface area (Å²) < 4.78 is 2.29. The molecular weight excluding hydrogens is 504 g/mol. The van der Waals surface area contributed by atoms with Crippen LogP contribution in [0.3, 0.4) is 0 Å². The number of fused-ring (bicyclic) bond motifs is 6. The zero-order chi connectivity index (χ0) is 26.2. The van der Waals surface area contributed by atoms with Gasteiger partial charge >= 0.3 is 0 Å². The number of para-hydroxylation sites is 2. The Kier molecular flexibility index (Phi) is 4.58. The number of hydrogen-bond acceptors (Lipinski definition) is 2. The number of nitrogens with zero attached hydrogens (tertiary/aromatic N) is 2. The number of pyridine rings is 1. The number of rotatable bonds is 2. The lowest BCUT2D eigenvalue weighted by atomic mass is 9.94. The topological polar surface area (TPSA) is 17.8 Å². The van der Waals surface area contributed by atoms with Crippen molar-refractivity contribution < 1.29 is 0 Å². The highest BCUT2D eigenvalue weighted by atomic mass is 32.2. The van der Waals surface area contributed by atoms with Crippen LogP contribution in [0.25, 0.3) is 71.6 Å². The molecule has 1 aliphatic rings. The third-order valence-corrected chi connectivity index (χ3v) is 9.31. The maximum absolute atomic E-state index is 5.04. The molecule has 0 fully saturated rings. The van der Waals surface area contributed by atoms with Crippen molar-refractivity contribution in [2.75, 3.05) is 0 Å². The van der Waals surface area contributed by atoms with Crippen molar-refractivity contribution in [1.29, 1.82) is 0 Å². The number of aromatic nitrogens is 2. The molecule has 0 radical (unpaired) electrons. The van der Waals surface area contributed by atoms with Crippen LogP contribution in [0.1, 0.15) is 0 Å². The van der Waals surface area contributed by atoms with E-state index in [1.165, 1.54) is 64.6 Å². The molecule has 9 rings (SSSR count). The Morgan fingerprint density at radius 2 is 1.27 bits per heavy atom. The zero-order valence-electron chi connectivity index (χ0n) is 21.5. The van der Waals surface area contributed by atoms with Crippen molar-refractivity contribution in [3.8, 4) is 28.1 Å². The van der Waals surface area contributed by atoms with Crippen LogP contribution in [0, 0.1) is 0 Å². The molecule has 0 aliphatic carbocycles. The third kappa shape index (κ3) is 3.16. The Morgan fingerprint density at radius 1 is 0.500 bits per heavy atom. The second kappa shape index (κ2) is 8.32. The number of benzene rings is 6. The fraction of sp³-hybridized carbons (Fsp3) is 0. The summed E-state index contributed by atoms with van der Waals surface area (Å²) in [7, 11) is 0. The van der Waals surface area contributed by atoms with Gasteiger partial charge in [0.15, 0.2) is 0 Å². The van der Waals surface area contributed by atoms with Gasteiger partial charge in [-0.05, 0) is 82.2 Å². The summed E-state index contributed by atoms with van der Waals surface area (Å²) in [4.78, 5) is 7.70. The fourth-order valence-electron chi connectivity index (χ4n) is 6.32. The van der Waals surface area contributed by atoms with Crippen LogP contribution in [0.2, 0.25) is 0 Å². The van der Waals surface area contributed by atoms with Gasteiger partial charge < -0.3 is 0 Å². The summed E-state index contributed by atoms with van der Waals surface area (Å²) in [5.41, 5.74) is 8.44. The molecule has 8 aromatic rings. The maximum Gasteiger partial charge on any atom is 0.138 e. The van der Waals surface area contributed by atoms with E-state index in [-0.39, 0.29) is 0 Å². The van der Waals surface area contributed by atoms with E-state index in [9.17, 15) is 0 Å². The molecule has 0 atom stereocenters. The van der Waals surface area contributed by atoms with E-state index in [1.54, 1.807) is 0 Å². The Bertz CT molecular complexity index is 2310. The fourth-order valence-corrected chi connectivity index (χ4v) is 7.45. The Hall–Kier alpha value is -4.86. The van der Waals surface area contributed by atoms with Crippen molar-refractivity contribution in [3.63, 3.8) is 0 Å². The normalized spacial score (nSPS) is 12.4. The van der Waals surface area contributed by atoms with Crippen molar-refractivity contribution >= 4 is 55.2 Å². The predicted octanol–water partition coefficient (Wildman–Crippen LogP) is 10.3. The molecule has 40 heavy (non-hydrogen) atoms. The van der Waals surface area contributed by atoms with Crippen LogP contribution >= 0.6 is 11.8 Å². The Morgan fingerprint density at radius 3 is 2.25 bits per heavy atom. The van der Waals surface area contributed by atoms with E-state index in [1.807, 2.05) is 17.8 Å². The van der Waals surface area contributed by atoms with Crippen LogP contribution in [-0.2, 0) is 0 Å². The lowest BCUT2D eigenvalue weighted by Crippen LogP contribution is -1.97. The summed E-state index contributed by atoms with van der Waals surface area (Å²) >= 11 is 1.87. The molecule has 3 heteroatoms. The van der Waals surface area contributed by atoms with Gasteiger partial charge in [0.1, 0.15) is 5.82 Å². The minimum Gasteiger partial charge on any atom is -0.294 e. The molecule has 3 heterocycles. The highest BCUT2D eigenvalue weighted by molar-refractivity contribution is 7.99. The Balaban J connectivity index is 1.24. The van der Waals surface area contributed by atoms with Crippen LogP contribution in [0.15, 0.2) is 143 Å². The molecule has 2 aromatic heterocycles. The van der Waals surface area contributed by atoms with Gasteiger partial charge in [-0.1, -0.05) is 90.6 Å². The van der Waals surface area contributed by atoms with Gasteiger partial charge in [0, 0.05) is 31.3 Å². The van der Waals surface area contributed by atoms with Crippen LogP contribution in [-0.4, -0.2) is 9.55 Å². The first-order valence-electron chi connectivity index (χ1n) is 13.6. The van der Waals surface area contributed by atoms with Crippen LogP contribution in [0.4, 0.5) is 0 Å². The smallest absolute Gasteiger partial charge is 0.138 e. The largest absolute Gasteiger partial charge is 0.294 e. The van der Waals surface area contributed by atoms with E-state index >= 15 is 0 Å². The van der Waals surface area contributed by atoms with Crippen molar-refractivity contribution in [2.24, 2.45) is 0 Å². The Labute approximate surface area is 235 Å². The van der Waals surface area contributed by atoms with E-state index in [0.29, 0.717) is 0 Å². The highest BCUT2D eigenvalue weighted by Crippen LogP contribution is 2.49. The van der Waals surface area contributed by atoms with Gasteiger partial charge in [-0.2, -0.15) is 0 Å². The lowest BCUT2D eigenvalue weighted by Gasteiger charge is -2.21. The first kappa shape index (κ1) is 22.0. The maximum atomic E-state index is 5.04. The lowest BCUT2D eigenvalue weighted by molar-refractivity contribution is 1.10. The summed E-state index contributed by atoms with van der Waals surface area (Å²) in [5, 5.41) is 6.29. The highest BCUT2D eigenvalue weighted by Gasteiger charge is 2.20. The monoisotopic (exact) mass is 526 g/mol. The van der Waals surface area contributed by atoms with Crippen LogP contribution < -0.4 is 0 Å². The molecular formula is C37H22N2S. The SMILES string of the molecule is c1ccc2nc(-n3c4ccccc4c4cc(-c5ccc6c(c5)-c5cccc7cccc(c57)S6)ccc43)ccc2c1. The minimum atomic E-state index is 0.940. The molecule has 0 amide bonds. The standard InChI is InChI=1S/C37H22N2S/c1-3-12-31-23(7-1)17-20-36(38-31)39-32-13-4-2-10-27(32)29-21-25(15-18-33(29)39)26-16-19-34-30(22-26)28-11-5-8-24-9-6-14-35(40-34)37(24)28/h1-22H. The van der Waals surface area contributed by atoms with Gasteiger partial charge in [0.2, 0.25) is 0 Å². The zero-order valence-corrected chi connectivity index (χ0v) is 22.3. The van der Waals surface area contributed by atoms with Crippen LogP contribution in [0.5, 0.6) is 0 Å². The van der Waals surface area contributed by atoms with Gasteiger partial charge in [0.05, 0.1) is 16.6 Å². The van der Waals surface area contributed by atoms with E-state index in [0.717, 1.165) is 16.7 Å². The first-order valence-corrected chi connectivity index (χ1v) is 14.4. The van der Waals surface area contributed by atoms with Crippen molar-refractivity contribution in [2.45, 2.75) is 9.79 Å². The minimum absolute atomic E-state index is 0.940. The predicted molar refractivity (Wildman–Crippen MR) is 169 cm³/mol. The average Bonchev–Trinajstić information content (AvgIpc) is 3.35. The molecule has 0 bridgehead atoms. The van der Waals surface area contributed by atoms with Gasteiger partial charge in [-0.25, -0.2) is 4.98 Å². The van der Waals surface area contributed by atoms with E-state index in [4.69, 9.17) is 4.98 Å². The summed E-state index contributed by atoms with van der Waals surface area (Å²) in [6, 6.07) is 48.3. The summed E-state index contributed by atoms with van der Waals surface area (Å²) in [6.07, 6.45) is 0. The second-order valence-electron chi connectivity index (χ2n) is 10.4. The quantitative estimate of drug-likeness (QED) is 0.223. The van der Waals surface area contributed by atoms with Gasteiger partial charge in [-0.15, -0.1) is 0 Å². The third-order valence-electron chi connectivity index (χ3n) is 8.17. The molecule has 1 aliphatic heterocycles. The molecule has 0 N–H and O–H groups in total. The number of hydrogen-bond donors (Lipinski definition) is 0. The molecule has 6 aromatic carbocycles. The average molecular weight is 527 g/mol. The van der Waals surface area contributed by atoms with E-state index < -0.39 is 0 Å². The molecule has 186 valence electrons. The van der Waals surface area contributed by atoms with E-state index in [2.05, 4.69) is 132 Å². The molecule has 0 saturated heterocycles.